The number of nitrogens with zero attached hydrogens (tertiary/aromatic N) is 2. The lowest BCUT2D eigenvalue weighted by Crippen LogP contribution is -2.48. The van der Waals surface area contributed by atoms with Crippen LogP contribution in [0.2, 0.25) is 0 Å². The van der Waals surface area contributed by atoms with Crippen molar-refractivity contribution in [3.8, 4) is 0 Å². The zero-order chi connectivity index (χ0) is 20.9. The van der Waals surface area contributed by atoms with Crippen LogP contribution in [0.25, 0.3) is 0 Å². The van der Waals surface area contributed by atoms with Crippen LogP contribution >= 0.6 is 0 Å². The van der Waals surface area contributed by atoms with Gasteiger partial charge in [-0.2, -0.15) is 0 Å². The molecule has 3 atom stereocenters. The highest BCUT2D eigenvalue weighted by molar-refractivity contribution is 5.96. The van der Waals surface area contributed by atoms with Crippen LogP contribution in [0.3, 0.4) is 0 Å². The molecule has 0 aromatic heterocycles. The molecule has 0 saturated carbocycles. The van der Waals surface area contributed by atoms with Gasteiger partial charge in [0.2, 0.25) is 5.91 Å². The van der Waals surface area contributed by atoms with Crippen LogP contribution in [-0.4, -0.2) is 46.5 Å². The highest BCUT2D eigenvalue weighted by atomic mass is 16.5. The molecule has 3 aliphatic heterocycles. The third-order valence-electron chi connectivity index (χ3n) is 6.71. The fourth-order valence-electron chi connectivity index (χ4n) is 5.33. The van der Waals surface area contributed by atoms with Crippen LogP contribution < -0.4 is 0 Å². The van der Waals surface area contributed by atoms with E-state index >= 15 is 0 Å². The Labute approximate surface area is 177 Å². The summed E-state index contributed by atoms with van der Waals surface area (Å²) in [6.07, 6.45) is 1.88. The van der Waals surface area contributed by atoms with Crippen LogP contribution in [0.4, 0.5) is 0 Å². The number of amides is 2. The summed E-state index contributed by atoms with van der Waals surface area (Å²) in [7, 11) is 0. The molecular formula is C25H28N2O3. The Hall–Kier alpha value is -2.66. The van der Waals surface area contributed by atoms with E-state index in [0.717, 1.165) is 12.0 Å². The van der Waals surface area contributed by atoms with Gasteiger partial charge in [-0.1, -0.05) is 56.3 Å². The molecule has 0 radical (unpaired) electrons. The topological polar surface area (TPSA) is 49.9 Å². The van der Waals surface area contributed by atoms with Crippen LogP contribution in [0.5, 0.6) is 0 Å². The SMILES string of the molecule is CC(C)Cc1ccc(C(=O)N2CC[C@@]34O[C@@H](c5ccccc5)CN3C(=O)C[C@@H]24)cc1. The lowest BCUT2D eigenvalue weighted by atomic mass is 10.0. The fraction of sp³-hybridized carbons (Fsp3) is 0.440. The molecule has 5 nitrogen and oxygen atoms in total. The van der Waals surface area contributed by atoms with Crippen molar-refractivity contribution in [3.63, 3.8) is 0 Å². The number of benzene rings is 2. The molecular weight excluding hydrogens is 376 g/mol. The summed E-state index contributed by atoms with van der Waals surface area (Å²) in [6.45, 7) is 5.56. The van der Waals surface area contributed by atoms with Crippen LogP contribution in [0.15, 0.2) is 54.6 Å². The summed E-state index contributed by atoms with van der Waals surface area (Å²) in [5, 5.41) is 0. The number of rotatable bonds is 4. The molecule has 3 saturated heterocycles. The molecule has 2 aromatic carbocycles. The van der Waals surface area contributed by atoms with Crippen LogP contribution in [-0.2, 0) is 16.0 Å². The molecule has 2 amide bonds. The van der Waals surface area contributed by atoms with Gasteiger partial charge in [0.15, 0.2) is 5.72 Å². The Morgan fingerprint density at radius 1 is 1.13 bits per heavy atom. The van der Waals surface area contributed by atoms with Crippen molar-refractivity contribution in [1.82, 2.24) is 9.80 Å². The second-order valence-corrected chi connectivity index (χ2v) is 9.13. The molecule has 3 aliphatic rings. The molecule has 0 N–H and O–H groups in total. The Kier molecular flexibility index (Phi) is 4.66. The predicted octanol–water partition coefficient (Wildman–Crippen LogP) is 3.80. The van der Waals surface area contributed by atoms with E-state index in [4.69, 9.17) is 4.74 Å². The maximum Gasteiger partial charge on any atom is 0.254 e. The minimum atomic E-state index is -0.676. The summed E-state index contributed by atoms with van der Waals surface area (Å²) < 4.78 is 6.54. The summed E-state index contributed by atoms with van der Waals surface area (Å²) in [6, 6.07) is 17.8. The minimum Gasteiger partial charge on any atom is -0.343 e. The van der Waals surface area contributed by atoms with Gasteiger partial charge < -0.3 is 14.5 Å². The Morgan fingerprint density at radius 3 is 2.57 bits per heavy atom. The van der Waals surface area contributed by atoms with E-state index in [-0.39, 0.29) is 24.0 Å². The Bertz CT molecular complexity index is 956. The minimum absolute atomic E-state index is 0.00520. The predicted molar refractivity (Wildman–Crippen MR) is 114 cm³/mol. The monoisotopic (exact) mass is 404 g/mol. The normalized spacial score (nSPS) is 27.6. The third-order valence-corrected chi connectivity index (χ3v) is 6.71. The molecule has 2 aromatic rings. The third kappa shape index (κ3) is 3.03. The Morgan fingerprint density at radius 2 is 1.87 bits per heavy atom. The summed E-state index contributed by atoms with van der Waals surface area (Å²) >= 11 is 0. The van der Waals surface area contributed by atoms with E-state index in [1.165, 1.54) is 5.56 Å². The number of carbonyl (C=O) groups excluding carboxylic acids is 2. The highest BCUT2D eigenvalue weighted by Crippen LogP contribution is 2.50. The number of ether oxygens (including phenoxy) is 1. The standard InChI is InChI=1S/C25H28N2O3/c1-17(2)14-18-8-10-20(11-9-18)24(29)26-13-12-25-22(26)15-23(28)27(25)16-21(30-25)19-6-4-3-5-7-19/h3-11,17,21-22H,12-16H2,1-2H3/t21-,22-,25+/m1/s1. The number of hydrogen-bond acceptors (Lipinski definition) is 3. The first-order chi connectivity index (χ1) is 14.5. The zero-order valence-corrected chi connectivity index (χ0v) is 17.6. The van der Waals surface area contributed by atoms with Gasteiger partial charge in [-0.05, 0) is 35.6 Å². The van der Waals surface area contributed by atoms with Crippen molar-refractivity contribution < 1.29 is 14.3 Å². The summed E-state index contributed by atoms with van der Waals surface area (Å²) in [5.41, 5.74) is 2.33. The van der Waals surface area contributed by atoms with Gasteiger partial charge in [0, 0.05) is 18.5 Å². The number of likely N-dealkylation sites (tertiary alicyclic amines) is 1. The first-order valence-electron chi connectivity index (χ1n) is 10.9. The smallest absolute Gasteiger partial charge is 0.254 e. The number of hydrogen-bond donors (Lipinski definition) is 0. The molecule has 0 unspecified atom stereocenters. The van der Waals surface area contributed by atoms with Crippen molar-refractivity contribution in [2.24, 2.45) is 5.92 Å². The molecule has 0 aliphatic carbocycles. The van der Waals surface area contributed by atoms with E-state index < -0.39 is 5.72 Å². The van der Waals surface area contributed by atoms with E-state index in [2.05, 4.69) is 13.8 Å². The van der Waals surface area contributed by atoms with Crippen molar-refractivity contribution in [3.05, 3.63) is 71.3 Å². The van der Waals surface area contributed by atoms with E-state index in [0.29, 0.717) is 37.4 Å². The first kappa shape index (κ1) is 19.3. The molecule has 0 bridgehead atoms. The van der Waals surface area contributed by atoms with Crippen molar-refractivity contribution in [1.29, 1.82) is 0 Å². The average Bonchev–Trinajstić information content (AvgIpc) is 3.37. The van der Waals surface area contributed by atoms with Gasteiger partial charge >= 0.3 is 0 Å². The molecule has 5 rings (SSSR count). The van der Waals surface area contributed by atoms with E-state index in [1.54, 1.807) is 0 Å². The molecule has 1 spiro atoms. The van der Waals surface area contributed by atoms with Gasteiger partial charge in [-0.3, -0.25) is 9.59 Å². The molecule has 3 heterocycles. The van der Waals surface area contributed by atoms with Gasteiger partial charge in [-0.25, -0.2) is 0 Å². The van der Waals surface area contributed by atoms with Gasteiger partial charge in [0.05, 0.1) is 19.0 Å². The molecule has 3 fully saturated rings. The van der Waals surface area contributed by atoms with Crippen molar-refractivity contribution in [2.45, 2.75) is 51.0 Å². The van der Waals surface area contributed by atoms with Crippen molar-refractivity contribution >= 4 is 11.8 Å². The quantitative estimate of drug-likeness (QED) is 0.779. The maximum absolute atomic E-state index is 13.3. The van der Waals surface area contributed by atoms with Gasteiger partial charge in [0.25, 0.3) is 5.91 Å². The van der Waals surface area contributed by atoms with E-state index in [1.807, 2.05) is 64.4 Å². The van der Waals surface area contributed by atoms with Crippen molar-refractivity contribution in [2.75, 3.05) is 13.1 Å². The van der Waals surface area contributed by atoms with E-state index in [9.17, 15) is 9.59 Å². The van der Waals surface area contributed by atoms with Crippen LogP contribution in [0.1, 0.15) is 54.3 Å². The number of carbonyl (C=O) groups is 2. The van der Waals surface area contributed by atoms with Crippen LogP contribution in [0, 0.1) is 5.92 Å². The fourth-order valence-corrected chi connectivity index (χ4v) is 5.33. The zero-order valence-electron chi connectivity index (χ0n) is 17.6. The molecule has 156 valence electrons. The Balaban J connectivity index is 1.37. The second kappa shape index (κ2) is 7.24. The summed E-state index contributed by atoms with van der Waals surface area (Å²) in [4.78, 5) is 29.9. The maximum atomic E-state index is 13.3. The lowest BCUT2D eigenvalue weighted by molar-refractivity contribution is -0.138. The summed E-state index contributed by atoms with van der Waals surface area (Å²) in [5.74, 6) is 0.662. The lowest BCUT2D eigenvalue weighted by Gasteiger charge is -2.32. The second-order valence-electron chi connectivity index (χ2n) is 9.13. The molecule has 30 heavy (non-hydrogen) atoms. The average molecular weight is 405 g/mol. The first-order valence-corrected chi connectivity index (χ1v) is 10.9. The van der Waals surface area contributed by atoms with Gasteiger partial charge in [-0.15, -0.1) is 0 Å². The largest absolute Gasteiger partial charge is 0.343 e. The van der Waals surface area contributed by atoms with Gasteiger partial charge in [0.1, 0.15) is 6.10 Å². The highest BCUT2D eigenvalue weighted by Gasteiger charge is 2.64. The molecule has 5 heteroatoms.